The normalized spacial score (nSPS) is 12.8. The zero-order chi connectivity index (χ0) is 9.84. The lowest BCUT2D eigenvalue weighted by Crippen LogP contribution is -2.15. The molecule has 1 rings (SSSR count). The molecule has 0 aliphatic heterocycles. The second kappa shape index (κ2) is 4.88. The minimum Gasteiger partial charge on any atom is -0.294 e. The van der Waals surface area contributed by atoms with Crippen LogP contribution in [0.3, 0.4) is 0 Å². The van der Waals surface area contributed by atoms with E-state index in [1.165, 1.54) is 6.20 Å². The van der Waals surface area contributed by atoms with Crippen molar-refractivity contribution in [2.24, 2.45) is 0 Å². The molecule has 4 nitrogen and oxygen atoms in total. The van der Waals surface area contributed by atoms with Crippen LogP contribution in [0, 0.1) is 0 Å². The van der Waals surface area contributed by atoms with Crippen LogP contribution in [0.4, 0.5) is 0 Å². The molecule has 0 saturated heterocycles. The summed E-state index contributed by atoms with van der Waals surface area (Å²) in [5, 5.41) is 0.542. The molecule has 1 aromatic heterocycles. The van der Waals surface area contributed by atoms with E-state index in [9.17, 15) is 4.21 Å². The summed E-state index contributed by atoms with van der Waals surface area (Å²) in [6.45, 7) is 0.215. The number of halogens is 2. The van der Waals surface area contributed by atoms with Gasteiger partial charge in [0, 0.05) is 12.7 Å². The first-order valence-corrected chi connectivity index (χ1v) is 5.10. The summed E-state index contributed by atoms with van der Waals surface area (Å²) in [5.41, 5.74) is 0.691. The van der Waals surface area contributed by atoms with Gasteiger partial charge in [0.05, 0.1) is 5.02 Å². The molecule has 0 spiro atoms. The molecule has 72 valence electrons. The van der Waals surface area contributed by atoms with Crippen molar-refractivity contribution in [2.75, 3.05) is 0 Å². The smallest absolute Gasteiger partial charge is 0.232 e. The summed E-state index contributed by atoms with van der Waals surface area (Å²) >= 11 is 9.21. The highest BCUT2D eigenvalue weighted by Gasteiger charge is 2.01. The first-order valence-electron chi connectivity index (χ1n) is 3.24. The van der Waals surface area contributed by atoms with Crippen LogP contribution in [0.5, 0.6) is 0 Å². The topological polar surface area (TPSA) is 62.2 Å². The Labute approximate surface area is 87.7 Å². The minimum absolute atomic E-state index is 0.215. The van der Waals surface area contributed by atoms with Crippen molar-refractivity contribution in [3.63, 3.8) is 0 Å². The van der Waals surface area contributed by atoms with Gasteiger partial charge in [-0.15, -0.1) is 0 Å². The molecular weight excluding hydrogens is 235 g/mol. The van der Waals surface area contributed by atoms with Crippen molar-refractivity contribution in [3.8, 4) is 0 Å². The number of nitrogens with zero attached hydrogens (tertiary/aromatic N) is 1. The molecule has 1 heterocycles. The molecular formula is C6H6Cl2N2O2S. The van der Waals surface area contributed by atoms with Gasteiger partial charge < -0.3 is 0 Å². The Balaban J connectivity index is 2.68. The molecule has 0 amide bonds. The molecule has 13 heavy (non-hydrogen) atoms. The lowest BCUT2D eigenvalue weighted by molar-refractivity contribution is 0.548. The maximum absolute atomic E-state index is 10.2. The summed E-state index contributed by atoms with van der Waals surface area (Å²) in [7, 11) is 0. The number of nitrogens with one attached hydrogen (secondary N) is 1. The first kappa shape index (κ1) is 10.9. The van der Waals surface area contributed by atoms with Crippen molar-refractivity contribution in [2.45, 2.75) is 6.54 Å². The zero-order valence-corrected chi connectivity index (χ0v) is 8.66. The van der Waals surface area contributed by atoms with Gasteiger partial charge in [-0.05, 0) is 11.6 Å². The van der Waals surface area contributed by atoms with Gasteiger partial charge in [0.15, 0.2) is 0 Å². The van der Waals surface area contributed by atoms with Crippen LogP contribution in [0.15, 0.2) is 12.3 Å². The third-order valence-corrected chi connectivity index (χ3v) is 2.33. The number of hydrogen-bond donors (Lipinski definition) is 2. The van der Waals surface area contributed by atoms with Crippen molar-refractivity contribution < 1.29 is 8.76 Å². The van der Waals surface area contributed by atoms with Gasteiger partial charge in [-0.25, -0.2) is 13.9 Å². The van der Waals surface area contributed by atoms with E-state index in [4.69, 9.17) is 27.8 Å². The van der Waals surface area contributed by atoms with E-state index in [1.54, 1.807) is 6.07 Å². The van der Waals surface area contributed by atoms with Gasteiger partial charge in [-0.3, -0.25) is 4.55 Å². The molecule has 0 radical (unpaired) electrons. The Morgan fingerprint density at radius 3 is 2.85 bits per heavy atom. The summed E-state index contributed by atoms with van der Waals surface area (Å²) in [4.78, 5) is 3.77. The molecule has 0 aliphatic carbocycles. The second-order valence-corrected chi connectivity index (χ2v) is 3.74. The molecule has 2 N–H and O–H groups in total. The average molecular weight is 241 g/mol. The molecule has 0 bridgehead atoms. The summed E-state index contributed by atoms with van der Waals surface area (Å²) in [5.74, 6) is 0. The van der Waals surface area contributed by atoms with Crippen LogP contribution in [0.2, 0.25) is 10.2 Å². The number of hydrogen-bond acceptors (Lipinski definition) is 2. The Bertz CT molecular complexity index is 334. The third-order valence-electron chi connectivity index (χ3n) is 1.25. The predicted molar refractivity (Wildman–Crippen MR) is 51.9 cm³/mol. The summed E-state index contributed by atoms with van der Waals surface area (Å²) < 4.78 is 21.0. The predicted octanol–water partition coefficient (Wildman–Crippen LogP) is 1.61. The monoisotopic (exact) mass is 240 g/mol. The molecule has 1 unspecified atom stereocenters. The van der Waals surface area contributed by atoms with Crippen LogP contribution < -0.4 is 4.72 Å². The zero-order valence-electron chi connectivity index (χ0n) is 6.33. The van der Waals surface area contributed by atoms with Gasteiger partial charge in [-0.2, -0.15) is 0 Å². The van der Waals surface area contributed by atoms with Crippen LogP contribution in [0.1, 0.15) is 5.56 Å². The van der Waals surface area contributed by atoms with Gasteiger partial charge in [0.1, 0.15) is 5.15 Å². The van der Waals surface area contributed by atoms with E-state index in [0.717, 1.165) is 0 Å². The van der Waals surface area contributed by atoms with Gasteiger partial charge >= 0.3 is 0 Å². The van der Waals surface area contributed by atoms with E-state index in [-0.39, 0.29) is 11.7 Å². The Hall–Kier alpha value is -0.200. The highest BCUT2D eigenvalue weighted by molar-refractivity contribution is 7.77. The van der Waals surface area contributed by atoms with E-state index in [2.05, 4.69) is 9.71 Å². The van der Waals surface area contributed by atoms with Crippen LogP contribution in [-0.4, -0.2) is 13.7 Å². The molecule has 1 aromatic rings. The Morgan fingerprint density at radius 1 is 1.62 bits per heavy atom. The lowest BCUT2D eigenvalue weighted by atomic mass is 10.3. The van der Waals surface area contributed by atoms with Crippen LogP contribution in [-0.2, 0) is 17.8 Å². The quantitative estimate of drug-likeness (QED) is 0.624. The van der Waals surface area contributed by atoms with Crippen LogP contribution in [0.25, 0.3) is 0 Å². The lowest BCUT2D eigenvalue weighted by Gasteiger charge is -2.01. The molecule has 0 aromatic carbocycles. The van der Waals surface area contributed by atoms with Gasteiger partial charge in [0.25, 0.3) is 0 Å². The molecule has 0 fully saturated rings. The highest BCUT2D eigenvalue weighted by atomic mass is 35.5. The van der Waals surface area contributed by atoms with E-state index in [1.807, 2.05) is 0 Å². The first-order chi connectivity index (χ1) is 6.09. The SMILES string of the molecule is O=S(O)NCc1cnc(Cl)c(Cl)c1. The number of pyridine rings is 1. The summed E-state index contributed by atoms with van der Waals surface area (Å²) in [6, 6.07) is 1.58. The van der Waals surface area contributed by atoms with Crippen LogP contribution >= 0.6 is 23.2 Å². The Kier molecular flexibility index (Phi) is 4.08. The van der Waals surface area contributed by atoms with Crippen molar-refractivity contribution >= 4 is 34.5 Å². The molecule has 7 heteroatoms. The van der Waals surface area contributed by atoms with Crippen molar-refractivity contribution in [1.82, 2.24) is 9.71 Å². The largest absolute Gasteiger partial charge is 0.294 e. The molecule has 0 aliphatic rings. The van der Waals surface area contributed by atoms with Gasteiger partial charge in [0.2, 0.25) is 11.3 Å². The standard InChI is InChI=1S/C6H6Cl2N2O2S/c7-5-1-4(2-9-6(5)8)3-10-13(11)12/h1-2,10H,3H2,(H,11,12). The fourth-order valence-corrected chi connectivity index (χ4v) is 1.29. The van der Waals surface area contributed by atoms with E-state index >= 15 is 0 Å². The maximum Gasteiger partial charge on any atom is 0.232 e. The number of rotatable bonds is 3. The fourth-order valence-electron chi connectivity index (χ4n) is 0.703. The van der Waals surface area contributed by atoms with E-state index in [0.29, 0.717) is 10.6 Å². The fraction of sp³-hybridized carbons (Fsp3) is 0.167. The third kappa shape index (κ3) is 3.58. The van der Waals surface area contributed by atoms with E-state index < -0.39 is 11.3 Å². The molecule has 0 saturated carbocycles. The minimum atomic E-state index is -2.03. The maximum atomic E-state index is 10.2. The highest BCUT2D eigenvalue weighted by Crippen LogP contribution is 2.19. The van der Waals surface area contributed by atoms with Gasteiger partial charge in [-0.1, -0.05) is 23.2 Å². The molecule has 1 atom stereocenters. The average Bonchev–Trinajstić information content (AvgIpc) is 2.07. The van der Waals surface area contributed by atoms with Crippen molar-refractivity contribution in [1.29, 1.82) is 0 Å². The Morgan fingerprint density at radius 2 is 2.31 bits per heavy atom. The summed E-state index contributed by atoms with van der Waals surface area (Å²) in [6.07, 6.45) is 1.48. The second-order valence-electron chi connectivity index (χ2n) is 2.19. The number of aromatic nitrogens is 1. The van der Waals surface area contributed by atoms with Crippen molar-refractivity contribution in [3.05, 3.63) is 28.0 Å².